The highest BCUT2D eigenvalue weighted by molar-refractivity contribution is 8.76. The maximum atomic E-state index is 13.8. The number of phenols is 2. The van der Waals surface area contributed by atoms with Crippen LogP contribution in [0.3, 0.4) is 0 Å². The number of anilines is 1. The summed E-state index contributed by atoms with van der Waals surface area (Å²) >= 11 is 0. The van der Waals surface area contributed by atoms with E-state index in [2.05, 4.69) is 10.6 Å². The molecule has 0 amide bonds. The number of methoxy groups -OCH3 is 1. The van der Waals surface area contributed by atoms with Gasteiger partial charge in [-0.1, -0.05) is 64.8 Å². The number of carbonyl (C=O) groups excluding carboxylic acids is 1. The lowest BCUT2D eigenvalue weighted by Crippen LogP contribution is -2.45. The van der Waals surface area contributed by atoms with E-state index in [0.717, 1.165) is 64.4 Å². The standard InChI is InChI=1S/C43H54N2O8S2/c1-26(47)43(18-4-5-19-43)45-38-16-9-29(20-30(38)23-46)42(44-2)53-34-14-13-33(50)24-54-55-25-37-35(15-8-27-6-11-32(49)22-36(27)37)40-28(7-12-31(48)21-34)10-17-39(51)41(40)52-3/h6,8-11,15-17,20,22,26,33-34,42,44-47,49-51H,4-5,7,12-14,18-19,21,23-25H2,1-3H3/t26-,33-,34+,42+/m0/s1. The van der Waals surface area contributed by atoms with Crippen molar-refractivity contribution in [1.82, 2.24) is 5.32 Å². The van der Waals surface area contributed by atoms with Gasteiger partial charge >= 0.3 is 0 Å². The lowest BCUT2D eigenvalue weighted by atomic mass is 9.89. The van der Waals surface area contributed by atoms with E-state index in [1.54, 1.807) is 46.8 Å². The van der Waals surface area contributed by atoms with Gasteiger partial charge in [0, 0.05) is 41.2 Å². The van der Waals surface area contributed by atoms with Crippen molar-refractivity contribution < 1.29 is 39.8 Å². The minimum absolute atomic E-state index is 0.00333. The van der Waals surface area contributed by atoms with Gasteiger partial charge in [0.05, 0.1) is 37.6 Å². The number of phenolic OH excluding ortho intramolecular Hbond substituents is 2. The molecule has 55 heavy (non-hydrogen) atoms. The molecular weight excluding hydrogens is 737 g/mol. The van der Waals surface area contributed by atoms with Crippen LogP contribution in [-0.2, 0) is 28.3 Å². The Bertz CT molecular complexity index is 1950. The number of Topliss-reactive ketones (excluding diaryl/α,β-unsaturated/α-hetero) is 1. The molecule has 12 heteroatoms. The molecule has 296 valence electrons. The van der Waals surface area contributed by atoms with Crippen molar-refractivity contribution >= 4 is 43.8 Å². The van der Waals surface area contributed by atoms with E-state index in [-0.39, 0.29) is 36.7 Å². The van der Waals surface area contributed by atoms with Crippen molar-refractivity contribution in [1.29, 1.82) is 0 Å². The number of carbonyl (C=O) groups is 1. The van der Waals surface area contributed by atoms with Gasteiger partial charge in [0.15, 0.2) is 11.5 Å². The summed E-state index contributed by atoms with van der Waals surface area (Å²) in [6.45, 7) is 1.62. The lowest BCUT2D eigenvalue weighted by molar-refractivity contribution is -0.124. The molecule has 0 unspecified atom stereocenters. The third-order valence-corrected chi connectivity index (χ3v) is 13.5. The number of rotatable bonds is 9. The average molecular weight is 791 g/mol. The van der Waals surface area contributed by atoms with Crippen LogP contribution in [0.5, 0.6) is 17.2 Å². The Balaban J connectivity index is 1.27. The Morgan fingerprint density at radius 3 is 2.49 bits per heavy atom. The van der Waals surface area contributed by atoms with E-state index in [9.17, 15) is 30.3 Å². The minimum Gasteiger partial charge on any atom is -0.508 e. The van der Waals surface area contributed by atoms with Crippen LogP contribution < -0.4 is 15.4 Å². The van der Waals surface area contributed by atoms with Gasteiger partial charge in [-0.05, 0) is 109 Å². The molecular formula is C43H54N2O8S2. The number of hydrogen-bond donors (Lipinski definition) is 7. The predicted octanol–water partition coefficient (Wildman–Crippen LogP) is 7.76. The Morgan fingerprint density at radius 2 is 1.76 bits per heavy atom. The largest absolute Gasteiger partial charge is 0.508 e. The first-order valence-corrected chi connectivity index (χ1v) is 21.6. The van der Waals surface area contributed by atoms with Gasteiger partial charge in [0.2, 0.25) is 0 Å². The number of aliphatic hydroxyl groups is 3. The quantitative estimate of drug-likeness (QED) is 0.0654. The molecule has 10 nitrogen and oxygen atoms in total. The van der Waals surface area contributed by atoms with Gasteiger partial charge in [-0.15, -0.1) is 0 Å². The number of nitrogens with one attached hydrogen (secondary N) is 2. The van der Waals surface area contributed by atoms with Gasteiger partial charge in [-0.2, -0.15) is 0 Å². The summed E-state index contributed by atoms with van der Waals surface area (Å²) < 4.78 is 12.4. The molecule has 0 radical (unpaired) electrons. The zero-order chi connectivity index (χ0) is 39.1. The number of hydrogen-bond acceptors (Lipinski definition) is 12. The number of benzene rings is 4. The van der Waals surface area contributed by atoms with Crippen LogP contribution in [0.15, 0.2) is 60.7 Å². The number of aryl methyl sites for hydroxylation is 1. The molecule has 1 heterocycles. The maximum absolute atomic E-state index is 13.8. The first-order chi connectivity index (χ1) is 26.5. The van der Waals surface area contributed by atoms with Crippen molar-refractivity contribution in [3.63, 3.8) is 0 Å². The van der Waals surface area contributed by atoms with Gasteiger partial charge in [0.25, 0.3) is 0 Å². The Kier molecular flexibility index (Phi) is 13.9. The normalized spacial score (nSPS) is 20.7. The summed E-state index contributed by atoms with van der Waals surface area (Å²) in [5, 5.41) is 62.2. The number of fused-ring (bicyclic) bond motifs is 5. The van der Waals surface area contributed by atoms with Crippen LogP contribution in [0.1, 0.15) is 86.8 Å². The van der Waals surface area contributed by atoms with Crippen molar-refractivity contribution in [2.24, 2.45) is 0 Å². The summed E-state index contributed by atoms with van der Waals surface area (Å²) in [5.74, 6) is 1.50. The number of ether oxygens (including phenoxy) is 2. The minimum atomic E-state index is -0.628. The molecule has 0 saturated heterocycles. The van der Waals surface area contributed by atoms with E-state index in [1.165, 1.54) is 7.11 Å². The smallest absolute Gasteiger partial charge is 0.168 e. The third kappa shape index (κ3) is 9.56. The van der Waals surface area contributed by atoms with Crippen molar-refractivity contribution in [2.75, 3.05) is 25.2 Å². The first kappa shape index (κ1) is 41.2. The second-order valence-electron chi connectivity index (χ2n) is 14.8. The molecule has 2 aliphatic rings. The summed E-state index contributed by atoms with van der Waals surface area (Å²) in [4.78, 5) is 13.8. The fourth-order valence-electron chi connectivity index (χ4n) is 8.08. The number of ketones is 1. The SMILES string of the molecule is CN[C@H](O[C@@H]1CC[C@H](O)CSSCc2c(ccc3ccc(O)cc23)-c2c(ccc(O)c2OC)CCC(=O)C1)c1ccc(NC2([C@H](C)O)CCCC2)c(CO)c1. The van der Waals surface area contributed by atoms with E-state index < -0.39 is 30.1 Å². The Labute approximate surface area is 331 Å². The monoisotopic (exact) mass is 790 g/mol. The third-order valence-electron chi connectivity index (χ3n) is 11.2. The highest BCUT2D eigenvalue weighted by Gasteiger charge is 2.38. The highest BCUT2D eigenvalue weighted by Crippen LogP contribution is 2.46. The van der Waals surface area contributed by atoms with E-state index in [1.807, 2.05) is 49.4 Å². The molecule has 4 atom stereocenters. The average Bonchev–Trinajstić information content (AvgIpc) is 3.66. The molecule has 4 aromatic rings. The lowest BCUT2D eigenvalue weighted by Gasteiger charge is -2.35. The van der Waals surface area contributed by atoms with Crippen molar-refractivity contribution in [3.8, 4) is 28.4 Å². The van der Waals surface area contributed by atoms with Crippen LogP contribution in [0.4, 0.5) is 5.69 Å². The maximum Gasteiger partial charge on any atom is 0.168 e. The molecule has 1 fully saturated rings. The topological polar surface area (TPSA) is 161 Å². The Morgan fingerprint density at radius 1 is 0.982 bits per heavy atom. The molecule has 4 aromatic carbocycles. The molecule has 6 rings (SSSR count). The summed E-state index contributed by atoms with van der Waals surface area (Å²) in [6.07, 6.45) is 3.21. The summed E-state index contributed by atoms with van der Waals surface area (Å²) in [7, 11) is 6.49. The number of aromatic hydroxyl groups is 2. The first-order valence-electron chi connectivity index (χ1n) is 19.2. The van der Waals surface area contributed by atoms with E-state index >= 15 is 0 Å². The molecule has 1 aliphatic carbocycles. The zero-order valence-electron chi connectivity index (χ0n) is 31.8. The predicted molar refractivity (Wildman–Crippen MR) is 222 cm³/mol. The molecule has 1 saturated carbocycles. The molecule has 0 bridgehead atoms. The van der Waals surface area contributed by atoms with Crippen LogP contribution in [0, 0.1) is 0 Å². The molecule has 1 aliphatic heterocycles. The van der Waals surface area contributed by atoms with Gasteiger partial charge in [0.1, 0.15) is 17.8 Å². The highest BCUT2D eigenvalue weighted by atomic mass is 33.1. The van der Waals surface area contributed by atoms with E-state index in [0.29, 0.717) is 47.6 Å². The van der Waals surface area contributed by atoms with Crippen molar-refractivity contribution in [2.45, 2.75) is 107 Å². The molecule has 7 N–H and O–H groups in total. The second kappa shape index (κ2) is 18.6. The zero-order valence-corrected chi connectivity index (χ0v) is 33.5. The van der Waals surface area contributed by atoms with Crippen LogP contribution in [0.25, 0.3) is 21.9 Å². The second-order valence-corrected chi connectivity index (χ2v) is 17.3. The van der Waals surface area contributed by atoms with Gasteiger partial charge in [-0.3, -0.25) is 10.1 Å². The Hall–Kier alpha value is -3.49. The van der Waals surface area contributed by atoms with Crippen LogP contribution in [0.2, 0.25) is 0 Å². The molecule has 0 spiro atoms. The molecule has 0 aromatic heterocycles. The fourth-order valence-corrected chi connectivity index (χ4v) is 10.4. The number of aliphatic hydroxyl groups excluding tert-OH is 3. The fraction of sp³-hybridized carbons (Fsp3) is 0.465. The summed E-state index contributed by atoms with van der Waals surface area (Å²) in [6, 6.07) is 18.5. The van der Waals surface area contributed by atoms with Crippen molar-refractivity contribution in [3.05, 3.63) is 82.9 Å². The summed E-state index contributed by atoms with van der Waals surface area (Å²) in [5.41, 5.74) is 5.21. The van der Waals surface area contributed by atoms with Gasteiger partial charge < -0.3 is 40.3 Å². The van der Waals surface area contributed by atoms with Crippen LogP contribution in [-0.4, -0.2) is 75.1 Å². The van der Waals surface area contributed by atoms with E-state index in [4.69, 9.17) is 9.47 Å². The van der Waals surface area contributed by atoms with Crippen LogP contribution >= 0.6 is 21.6 Å². The van der Waals surface area contributed by atoms with Gasteiger partial charge in [-0.25, -0.2) is 0 Å².